The van der Waals surface area contributed by atoms with Crippen LogP contribution >= 0.6 is 22.6 Å². The number of hydrogen-bond donors (Lipinski definition) is 1. The van der Waals surface area contributed by atoms with Crippen LogP contribution in [-0.4, -0.2) is 16.5 Å². The number of fused-ring (bicyclic) bond motifs is 2. The first-order valence-electron chi connectivity index (χ1n) is 5.88. The number of nitro benzene ring substituents is 1. The lowest BCUT2D eigenvalue weighted by Crippen LogP contribution is -2.24. The van der Waals surface area contributed by atoms with E-state index in [2.05, 4.69) is 0 Å². The lowest BCUT2D eigenvalue weighted by molar-refractivity contribution is -0.385. The van der Waals surface area contributed by atoms with Crippen LogP contribution in [0.1, 0.15) is 31.8 Å². The molecule has 0 aromatic heterocycles. The predicted molar refractivity (Wildman–Crippen MR) is 83.5 cm³/mol. The van der Waals surface area contributed by atoms with Gasteiger partial charge in [0.2, 0.25) is 5.78 Å². The molecule has 0 saturated carbocycles. The first-order chi connectivity index (χ1) is 9.93. The van der Waals surface area contributed by atoms with E-state index in [0.29, 0.717) is 3.57 Å². The number of nitrogens with zero attached hydrogens (tertiary/aromatic N) is 1. The number of nitrogens with two attached hydrogens (primary N) is 1. The highest BCUT2D eigenvalue weighted by Crippen LogP contribution is 2.38. The molecule has 1 aliphatic rings. The zero-order chi connectivity index (χ0) is 15.3. The maximum absolute atomic E-state index is 12.5. The Morgan fingerprint density at radius 1 is 1.05 bits per heavy atom. The number of hydrogen-bond acceptors (Lipinski definition) is 5. The zero-order valence-corrected chi connectivity index (χ0v) is 12.6. The Labute approximate surface area is 132 Å². The van der Waals surface area contributed by atoms with E-state index in [9.17, 15) is 19.7 Å². The lowest BCUT2D eigenvalue weighted by atomic mass is 9.82. The highest BCUT2D eigenvalue weighted by molar-refractivity contribution is 14.1. The summed E-state index contributed by atoms with van der Waals surface area (Å²) in [6.07, 6.45) is 0. The number of halogens is 1. The standard InChI is InChI=1S/C14H7IN2O4/c15-8-5-9(17(20)21)10-11(12(8)16)14(19)7-4-2-1-3-6(7)13(10)18/h1-5H,16H2. The fourth-order valence-corrected chi connectivity index (χ4v) is 2.97. The Hall–Kier alpha value is -2.29. The summed E-state index contributed by atoms with van der Waals surface area (Å²) in [6, 6.07) is 7.46. The van der Waals surface area contributed by atoms with Crippen LogP contribution in [0, 0.1) is 13.7 Å². The van der Waals surface area contributed by atoms with E-state index in [1.165, 1.54) is 18.2 Å². The van der Waals surface area contributed by atoms with Crippen LogP contribution in [0.25, 0.3) is 0 Å². The maximum Gasteiger partial charge on any atom is 0.282 e. The number of nitrogen functional groups attached to an aromatic ring is 1. The quantitative estimate of drug-likeness (QED) is 0.296. The summed E-state index contributed by atoms with van der Waals surface area (Å²) >= 11 is 1.81. The molecule has 1 aliphatic carbocycles. The number of carbonyl (C=O) groups excluding carboxylic acids is 2. The molecule has 0 fully saturated rings. The average molecular weight is 394 g/mol. The van der Waals surface area contributed by atoms with Crippen LogP contribution < -0.4 is 5.73 Å². The molecule has 2 aromatic rings. The Kier molecular flexibility index (Phi) is 3.01. The molecule has 0 heterocycles. The van der Waals surface area contributed by atoms with E-state index >= 15 is 0 Å². The Morgan fingerprint density at radius 2 is 1.57 bits per heavy atom. The van der Waals surface area contributed by atoms with Crippen molar-refractivity contribution in [1.29, 1.82) is 0 Å². The van der Waals surface area contributed by atoms with Crippen molar-refractivity contribution >= 4 is 45.5 Å². The smallest absolute Gasteiger partial charge is 0.282 e. The molecule has 0 aliphatic heterocycles. The van der Waals surface area contributed by atoms with Crippen molar-refractivity contribution in [1.82, 2.24) is 0 Å². The minimum atomic E-state index is -0.667. The van der Waals surface area contributed by atoms with Crippen LogP contribution in [0.15, 0.2) is 30.3 Å². The number of benzene rings is 2. The van der Waals surface area contributed by atoms with Gasteiger partial charge >= 0.3 is 0 Å². The third kappa shape index (κ3) is 1.84. The normalized spacial score (nSPS) is 12.8. The van der Waals surface area contributed by atoms with E-state index in [-0.39, 0.29) is 27.9 Å². The van der Waals surface area contributed by atoms with E-state index in [4.69, 9.17) is 5.73 Å². The highest BCUT2D eigenvalue weighted by atomic mass is 127. The van der Waals surface area contributed by atoms with Crippen LogP contribution in [0.2, 0.25) is 0 Å². The molecule has 2 N–H and O–H groups in total. The molecule has 0 unspecified atom stereocenters. The van der Waals surface area contributed by atoms with Crippen LogP contribution in [0.5, 0.6) is 0 Å². The molecule has 0 atom stereocenters. The van der Waals surface area contributed by atoms with Gasteiger partial charge in [-0.2, -0.15) is 0 Å². The zero-order valence-electron chi connectivity index (χ0n) is 10.4. The SMILES string of the molecule is Nc1c(I)cc([N+](=O)[O-])c2c1C(=O)c1ccccc1C2=O. The number of rotatable bonds is 1. The number of ketones is 2. The van der Waals surface area contributed by atoms with Crippen molar-refractivity contribution in [3.05, 3.63) is 66.3 Å². The summed E-state index contributed by atoms with van der Waals surface area (Å²) in [5, 5.41) is 11.2. The number of carbonyl (C=O) groups is 2. The van der Waals surface area contributed by atoms with Crippen molar-refractivity contribution in [2.75, 3.05) is 5.73 Å². The van der Waals surface area contributed by atoms with Crippen LogP contribution in [0.4, 0.5) is 11.4 Å². The second kappa shape index (κ2) is 4.62. The van der Waals surface area contributed by atoms with Crippen molar-refractivity contribution < 1.29 is 14.5 Å². The monoisotopic (exact) mass is 394 g/mol. The molecule has 7 heteroatoms. The van der Waals surface area contributed by atoms with Crippen LogP contribution in [-0.2, 0) is 0 Å². The molecule has 21 heavy (non-hydrogen) atoms. The van der Waals surface area contributed by atoms with Gasteiger partial charge in [-0.15, -0.1) is 0 Å². The molecule has 0 radical (unpaired) electrons. The van der Waals surface area contributed by atoms with Gasteiger partial charge < -0.3 is 5.73 Å². The molecule has 0 saturated heterocycles. The maximum atomic E-state index is 12.5. The Bertz CT molecular complexity index is 845. The number of anilines is 1. The molecule has 0 amide bonds. The second-order valence-electron chi connectivity index (χ2n) is 4.50. The van der Waals surface area contributed by atoms with Crippen molar-refractivity contribution in [3.63, 3.8) is 0 Å². The van der Waals surface area contributed by atoms with Crippen LogP contribution in [0.3, 0.4) is 0 Å². The van der Waals surface area contributed by atoms with E-state index in [0.717, 1.165) is 0 Å². The fraction of sp³-hybridized carbons (Fsp3) is 0. The third-order valence-corrected chi connectivity index (χ3v) is 4.26. The van der Waals surface area contributed by atoms with E-state index in [1.54, 1.807) is 12.1 Å². The summed E-state index contributed by atoms with van der Waals surface area (Å²) < 4.78 is 0.374. The third-order valence-electron chi connectivity index (χ3n) is 3.36. The van der Waals surface area contributed by atoms with E-state index < -0.39 is 22.2 Å². The predicted octanol–water partition coefficient (Wildman–Crippen LogP) is 2.56. The number of nitro groups is 1. The first-order valence-corrected chi connectivity index (χ1v) is 6.96. The fourth-order valence-electron chi connectivity index (χ4n) is 2.41. The molecule has 2 aromatic carbocycles. The Balaban J connectivity index is 2.45. The van der Waals surface area contributed by atoms with Gasteiger partial charge in [-0.1, -0.05) is 24.3 Å². The summed E-state index contributed by atoms with van der Waals surface area (Å²) in [7, 11) is 0. The minimum absolute atomic E-state index is 0.0719. The Morgan fingerprint density at radius 3 is 2.10 bits per heavy atom. The van der Waals surface area contributed by atoms with Gasteiger partial charge in [-0.05, 0) is 22.6 Å². The van der Waals surface area contributed by atoms with Gasteiger partial charge in [0.25, 0.3) is 5.69 Å². The second-order valence-corrected chi connectivity index (χ2v) is 5.66. The molecule has 3 rings (SSSR count). The average Bonchev–Trinajstić information content (AvgIpc) is 2.47. The van der Waals surface area contributed by atoms with E-state index in [1.807, 2.05) is 22.6 Å². The van der Waals surface area contributed by atoms with Crippen molar-refractivity contribution in [2.24, 2.45) is 0 Å². The molecular formula is C14H7IN2O4. The van der Waals surface area contributed by atoms with Gasteiger partial charge in [0.15, 0.2) is 5.78 Å². The summed E-state index contributed by atoms with van der Waals surface area (Å²) in [6.45, 7) is 0. The lowest BCUT2D eigenvalue weighted by Gasteiger charge is -2.19. The van der Waals surface area contributed by atoms with Gasteiger partial charge in [0, 0.05) is 20.8 Å². The molecule has 6 nitrogen and oxygen atoms in total. The first kappa shape index (κ1) is 13.7. The van der Waals surface area contributed by atoms with Gasteiger partial charge in [-0.25, -0.2) is 0 Å². The molecule has 0 bridgehead atoms. The van der Waals surface area contributed by atoms with Gasteiger partial charge in [0.1, 0.15) is 5.56 Å². The highest BCUT2D eigenvalue weighted by Gasteiger charge is 2.37. The largest absolute Gasteiger partial charge is 0.397 e. The van der Waals surface area contributed by atoms with Crippen molar-refractivity contribution in [2.45, 2.75) is 0 Å². The summed E-state index contributed by atoms with van der Waals surface area (Å²) in [4.78, 5) is 35.6. The molecule has 0 spiro atoms. The minimum Gasteiger partial charge on any atom is -0.397 e. The molecular weight excluding hydrogens is 387 g/mol. The molecule has 104 valence electrons. The van der Waals surface area contributed by atoms with Crippen molar-refractivity contribution in [3.8, 4) is 0 Å². The summed E-state index contributed by atoms with van der Waals surface area (Å²) in [5.41, 5.74) is 5.68. The van der Waals surface area contributed by atoms with Gasteiger partial charge in [0.05, 0.1) is 16.2 Å². The van der Waals surface area contributed by atoms with Gasteiger partial charge in [-0.3, -0.25) is 19.7 Å². The summed E-state index contributed by atoms with van der Waals surface area (Å²) in [5.74, 6) is -1.01. The topological polar surface area (TPSA) is 103 Å².